The number of aromatic nitrogens is 2. The van der Waals surface area contributed by atoms with Gasteiger partial charge >= 0.3 is 6.03 Å². The van der Waals surface area contributed by atoms with E-state index in [0.29, 0.717) is 13.1 Å². The van der Waals surface area contributed by atoms with E-state index in [2.05, 4.69) is 33.6 Å². The molecule has 2 rings (SSSR count). The van der Waals surface area contributed by atoms with Crippen molar-refractivity contribution in [3.05, 3.63) is 66.8 Å². The summed E-state index contributed by atoms with van der Waals surface area (Å²) in [6, 6.07) is 10.2. The van der Waals surface area contributed by atoms with Gasteiger partial charge in [0.25, 0.3) is 0 Å². The van der Waals surface area contributed by atoms with Crippen LogP contribution in [0.5, 0.6) is 0 Å². The van der Waals surface area contributed by atoms with E-state index in [1.54, 1.807) is 17.2 Å². The molecule has 0 aliphatic heterocycles. The second-order valence-electron chi connectivity index (χ2n) is 5.73. The van der Waals surface area contributed by atoms with Gasteiger partial charge < -0.3 is 14.8 Å². The highest BCUT2D eigenvalue weighted by Gasteiger charge is 2.16. The lowest BCUT2D eigenvalue weighted by Gasteiger charge is -2.23. The number of hydrogen-bond acceptors (Lipinski definition) is 2. The lowest BCUT2D eigenvalue weighted by molar-refractivity contribution is 0.196. The molecule has 1 aromatic heterocycles. The van der Waals surface area contributed by atoms with E-state index in [4.69, 9.17) is 0 Å². The number of carbonyl (C=O) groups is 1. The minimum absolute atomic E-state index is 0.0962. The Bertz CT molecular complexity index is 633. The molecule has 0 saturated carbocycles. The maximum atomic E-state index is 12.3. The SMILES string of the molecule is C=CCN(Cc1nccn1Cc1ccccc1)C(=O)NC(C)C. The van der Waals surface area contributed by atoms with E-state index in [0.717, 1.165) is 12.4 Å². The first-order chi connectivity index (χ1) is 11.1. The van der Waals surface area contributed by atoms with Crippen LogP contribution >= 0.6 is 0 Å². The average Bonchev–Trinajstić information content (AvgIpc) is 2.94. The molecule has 0 bridgehead atoms. The number of nitrogens with one attached hydrogen (secondary N) is 1. The number of amides is 2. The third-order valence-corrected chi connectivity index (χ3v) is 3.38. The van der Waals surface area contributed by atoms with Crippen LogP contribution in [-0.2, 0) is 13.1 Å². The van der Waals surface area contributed by atoms with Gasteiger partial charge in [0.1, 0.15) is 5.82 Å². The van der Waals surface area contributed by atoms with Crippen LogP contribution in [0.4, 0.5) is 4.79 Å². The van der Waals surface area contributed by atoms with Crippen molar-refractivity contribution in [2.24, 2.45) is 0 Å². The summed E-state index contributed by atoms with van der Waals surface area (Å²) < 4.78 is 2.06. The van der Waals surface area contributed by atoms with E-state index >= 15 is 0 Å². The van der Waals surface area contributed by atoms with Crippen molar-refractivity contribution >= 4 is 6.03 Å². The van der Waals surface area contributed by atoms with Crippen molar-refractivity contribution in [2.75, 3.05) is 6.54 Å². The number of imidazole rings is 1. The Morgan fingerprint density at radius 2 is 2.13 bits per heavy atom. The Hall–Kier alpha value is -2.56. The summed E-state index contributed by atoms with van der Waals surface area (Å²) >= 11 is 0. The van der Waals surface area contributed by atoms with Crippen LogP contribution in [0.25, 0.3) is 0 Å². The molecule has 5 nitrogen and oxygen atoms in total. The second-order valence-corrected chi connectivity index (χ2v) is 5.73. The topological polar surface area (TPSA) is 50.2 Å². The molecular weight excluding hydrogens is 288 g/mol. The van der Waals surface area contributed by atoms with Gasteiger partial charge in [-0.3, -0.25) is 0 Å². The highest BCUT2D eigenvalue weighted by Crippen LogP contribution is 2.08. The molecule has 1 aromatic carbocycles. The van der Waals surface area contributed by atoms with Gasteiger partial charge in [-0.25, -0.2) is 9.78 Å². The number of rotatable bonds is 7. The van der Waals surface area contributed by atoms with Crippen LogP contribution < -0.4 is 5.32 Å². The third kappa shape index (κ3) is 4.98. The van der Waals surface area contributed by atoms with Crippen LogP contribution in [0, 0.1) is 0 Å². The summed E-state index contributed by atoms with van der Waals surface area (Å²) in [7, 11) is 0. The molecule has 1 heterocycles. The molecule has 0 radical (unpaired) electrons. The maximum Gasteiger partial charge on any atom is 0.318 e. The zero-order chi connectivity index (χ0) is 16.7. The monoisotopic (exact) mass is 312 g/mol. The van der Waals surface area contributed by atoms with Gasteiger partial charge in [0, 0.05) is 31.5 Å². The zero-order valence-corrected chi connectivity index (χ0v) is 13.8. The van der Waals surface area contributed by atoms with Crippen LogP contribution in [0.3, 0.4) is 0 Å². The Balaban J connectivity index is 2.10. The normalized spacial score (nSPS) is 10.6. The summed E-state index contributed by atoms with van der Waals surface area (Å²) in [4.78, 5) is 18.4. The molecule has 0 spiro atoms. The minimum Gasteiger partial charge on any atom is -0.336 e. The van der Waals surface area contributed by atoms with Crippen molar-refractivity contribution in [3.63, 3.8) is 0 Å². The highest BCUT2D eigenvalue weighted by molar-refractivity contribution is 5.74. The molecule has 122 valence electrons. The fourth-order valence-electron chi connectivity index (χ4n) is 2.30. The number of urea groups is 1. The molecule has 0 aliphatic carbocycles. The van der Waals surface area contributed by atoms with Crippen molar-refractivity contribution in [1.29, 1.82) is 0 Å². The average molecular weight is 312 g/mol. The third-order valence-electron chi connectivity index (χ3n) is 3.38. The van der Waals surface area contributed by atoms with E-state index in [-0.39, 0.29) is 12.1 Å². The molecule has 0 saturated heterocycles. The molecular formula is C18H24N4O. The van der Waals surface area contributed by atoms with Gasteiger partial charge in [-0.2, -0.15) is 0 Å². The highest BCUT2D eigenvalue weighted by atomic mass is 16.2. The largest absolute Gasteiger partial charge is 0.336 e. The molecule has 2 amide bonds. The lowest BCUT2D eigenvalue weighted by Crippen LogP contribution is -2.43. The number of carbonyl (C=O) groups excluding carboxylic acids is 1. The van der Waals surface area contributed by atoms with E-state index in [9.17, 15) is 4.79 Å². The molecule has 1 N–H and O–H groups in total. The van der Waals surface area contributed by atoms with E-state index in [1.807, 2.05) is 38.2 Å². The van der Waals surface area contributed by atoms with Gasteiger partial charge in [-0.1, -0.05) is 36.4 Å². The fraction of sp³-hybridized carbons (Fsp3) is 0.333. The number of nitrogens with zero attached hydrogens (tertiary/aromatic N) is 3. The smallest absolute Gasteiger partial charge is 0.318 e. The Labute approximate surface area is 137 Å². The van der Waals surface area contributed by atoms with Crippen molar-refractivity contribution in [1.82, 2.24) is 19.8 Å². The van der Waals surface area contributed by atoms with Gasteiger partial charge in [-0.15, -0.1) is 6.58 Å². The minimum atomic E-state index is -0.103. The van der Waals surface area contributed by atoms with Gasteiger partial charge in [0.05, 0.1) is 6.54 Å². The lowest BCUT2D eigenvalue weighted by atomic mass is 10.2. The first kappa shape index (κ1) is 16.8. The zero-order valence-electron chi connectivity index (χ0n) is 13.8. The quantitative estimate of drug-likeness (QED) is 0.799. The summed E-state index contributed by atoms with van der Waals surface area (Å²) in [5.74, 6) is 0.856. The molecule has 23 heavy (non-hydrogen) atoms. The summed E-state index contributed by atoms with van der Waals surface area (Å²) in [5.41, 5.74) is 1.20. The number of hydrogen-bond donors (Lipinski definition) is 1. The Morgan fingerprint density at radius 1 is 1.39 bits per heavy atom. The predicted molar refractivity (Wildman–Crippen MR) is 92.0 cm³/mol. The van der Waals surface area contributed by atoms with E-state index < -0.39 is 0 Å². The Kier molecular flexibility index (Phi) is 5.97. The molecule has 0 fully saturated rings. The molecule has 0 unspecified atom stereocenters. The predicted octanol–water partition coefficient (Wildman–Crippen LogP) is 3.04. The van der Waals surface area contributed by atoms with Crippen LogP contribution in [0.15, 0.2) is 55.4 Å². The van der Waals surface area contributed by atoms with Crippen LogP contribution in [0.2, 0.25) is 0 Å². The fourth-order valence-corrected chi connectivity index (χ4v) is 2.30. The van der Waals surface area contributed by atoms with Gasteiger partial charge in [0.2, 0.25) is 0 Å². The Morgan fingerprint density at radius 3 is 2.78 bits per heavy atom. The van der Waals surface area contributed by atoms with Gasteiger partial charge in [0.15, 0.2) is 0 Å². The maximum absolute atomic E-state index is 12.3. The van der Waals surface area contributed by atoms with Crippen LogP contribution in [-0.4, -0.2) is 33.1 Å². The molecule has 5 heteroatoms. The summed E-state index contributed by atoms with van der Waals surface area (Å²) in [6.45, 7) is 9.29. The van der Waals surface area contributed by atoms with Crippen molar-refractivity contribution < 1.29 is 4.79 Å². The van der Waals surface area contributed by atoms with Crippen LogP contribution in [0.1, 0.15) is 25.2 Å². The van der Waals surface area contributed by atoms with Gasteiger partial charge in [-0.05, 0) is 19.4 Å². The molecule has 2 aromatic rings. The molecule has 0 atom stereocenters. The summed E-state index contributed by atoms with van der Waals surface area (Å²) in [5, 5.41) is 2.91. The summed E-state index contributed by atoms with van der Waals surface area (Å²) in [6.07, 6.45) is 5.43. The molecule has 0 aliphatic rings. The second kappa shape index (κ2) is 8.17. The van der Waals surface area contributed by atoms with E-state index in [1.165, 1.54) is 5.56 Å². The van der Waals surface area contributed by atoms with Crippen molar-refractivity contribution in [3.8, 4) is 0 Å². The first-order valence-electron chi connectivity index (χ1n) is 7.80. The standard InChI is InChI=1S/C18H24N4O/c1-4-11-22(18(23)20-15(2)3)14-17-19-10-12-21(17)13-16-8-6-5-7-9-16/h4-10,12,15H,1,11,13-14H2,2-3H3,(H,20,23). The first-order valence-corrected chi connectivity index (χ1v) is 7.80. The van der Waals surface area contributed by atoms with Crippen molar-refractivity contribution in [2.45, 2.75) is 33.0 Å². The number of benzene rings is 1.